The lowest BCUT2D eigenvalue weighted by Crippen LogP contribution is -2.44. The zero-order valence-electron chi connectivity index (χ0n) is 9.72. The molecule has 1 amide bonds. The summed E-state index contributed by atoms with van der Waals surface area (Å²) in [5.74, 6) is 0.365. The molecule has 1 aromatic rings. The molecule has 1 fully saturated rings. The number of hydrogen-bond donors (Lipinski definition) is 2. The molecule has 0 aromatic carbocycles. The average Bonchev–Trinajstić information content (AvgIpc) is 2.83. The van der Waals surface area contributed by atoms with Crippen LogP contribution in [0, 0.1) is 5.92 Å². The van der Waals surface area contributed by atoms with E-state index in [1.165, 1.54) is 25.4 Å². The maximum atomic E-state index is 11.8. The van der Waals surface area contributed by atoms with Crippen molar-refractivity contribution in [2.75, 3.05) is 6.54 Å². The number of furan rings is 1. The van der Waals surface area contributed by atoms with E-state index < -0.39 is 0 Å². The first-order valence-corrected chi connectivity index (χ1v) is 5.84. The van der Waals surface area contributed by atoms with Gasteiger partial charge < -0.3 is 15.5 Å². The summed E-state index contributed by atoms with van der Waals surface area (Å²) in [6.45, 7) is 0.649. The molecule has 1 aliphatic carbocycles. The van der Waals surface area contributed by atoms with Crippen molar-refractivity contribution in [3.05, 3.63) is 24.2 Å². The number of halogens is 1. The van der Waals surface area contributed by atoms with Crippen molar-refractivity contribution in [1.29, 1.82) is 0 Å². The van der Waals surface area contributed by atoms with Crippen LogP contribution in [0.2, 0.25) is 0 Å². The Balaban J connectivity index is 0.00000144. The Morgan fingerprint density at radius 3 is 2.88 bits per heavy atom. The molecule has 96 valence electrons. The molecule has 1 aliphatic rings. The van der Waals surface area contributed by atoms with Gasteiger partial charge in [0, 0.05) is 6.04 Å². The average molecular weight is 259 g/mol. The number of hydrogen-bond acceptors (Lipinski definition) is 3. The Labute approximate surface area is 107 Å². The Morgan fingerprint density at radius 2 is 2.24 bits per heavy atom. The number of carbonyl (C=O) groups is 1. The van der Waals surface area contributed by atoms with Gasteiger partial charge in [-0.1, -0.05) is 12.8 Å². The monoisotopic (exact) mass is 258 g/mol. The van der Waals surface area contributed by atoms with Crippen LogP contribution in [0.1, 0.15) is 36.0 Å². The summed E-state index contributed by atoms with van der Waals surface area (Å²) in [6, 6.07) is 1.90. The third kappa shape index (κ3) is 3.48. The number of amides is 1. The normalized spacial score (nSPS) is 23.8. The van der Waals surface area contributed by atoms with Crippen LogP contribution < -0.4 is 11.1 Å². The second-order valence-electron chi connectivity index (χ2n) is 4.37. The summed E-state index contributed by atoms with van der Waals surface area (Å²) in [6.07, 6.45) is 7.52. The highest BCUT2D eigenvalue weighted by molar-refractivity contribution is 5.93. The number of rotatable bonds is 3. The van der Waals surface area contributed by atoms with Gasteiger partial charge in [0.1, 0.15) is 6.26 Å². The van der Waals surface area contributed by atoms with E-state index in [-0.39, 0.29) is 24.4 Å². The smallest absolute Gasteiger partial charge is 0.254 e. The van der Waals surface area contributed by atoms with Crippen molar-refractivity contribution >= 4 is 18.3 Å². The predicted octanol–water partition coefficient (Wildman–Crippen LogP) is 1.95. The Bertz CT molecular complexity index is 340. The van der Waals surface area contributed by atoms with E-state index in [2.05, 4.69) is 5.32 Å². The molecule has 0 bridgehead atoms. The maximum absolute atomic E-state index is 11.8. The van der Waals surface area contributed by atoms with Crippen molar-refractivity contribution in [2.45, 2.75) is 31.7 Å². The van der Waals surface area contributed by atoms with E-state index in [9.17, 15) is 4.79 Å². The van der Waals surface area contributed by atoms with Crippen molar-refractivity contribution in [1.82, 2.24) is 5.32 Å². The molecule has 1 aromatic heterocycles. The van der Waals surface area contributed by atoms with Gasteiger partial charge in [-0.25, -0.2) is 0 Å². The predicted molar refractivity (Wildman–Crippen MR) is 68.2 cm³/mol. The fraction of sp³-hybridized carbons (Fsp3) is 0.583. The molecule has 0 spiro atoms. The van der Waals surface area contributed by atoms with Gasteiger partial charge in [-0.05, 0) is 31.4 Å². The SMILES string of the molecule is Cl.NCC1CCCCC1NC(=O)c1ccoc1. The summed E-state index contributed by atoms with van der Waals surface area (Å²) in [7, 11) is 0. The lowest BCUT2D eigenvalue weighted by Gasteiger charge is -2.31. The highest BCUT2D eigenvalue weighted by Gasteiger charge is 2.25. The van der Waals surface area contributed by atoms with Crippen molar-refractivity contribution in [3.8, 4) is 0 Å². The van der Waals surface area contributed by atoms with Gasteiger partial charge in [-0.15, -0.1) is 12.4 Å². The van der Waals surface area contributed by atoms with Gasteiger partial charge in [0.05, 0.1) is 11.8 Å². The van der Waals surface area contributed by atoms with Crippen LogP contribution in [-0.2, 0) is 0 Å². The minimum Gasteiger partial charge on any atom is -0.472 e. The molecule has 3 N–H and O–H groups in total. The number of nitrogens with two attached hydrogens (primary N) is 1. The Morgan fingerprint density at radius 1 is 1.47 bits per heavy atom. The van der Waals surface area contributed by atoms with E-state index in [1.807, 2.05) is 0 Å². The molecule has 2 unspecified atom stereocenters. The summed E-state index contributed by atoms with van der Waals surface area (Å²) < 4.78 is 4.89. The van der Waals surface area contributed by atoms with Crippen LogP contribution in [0.5, 0.6) is 0 Å². The second-order valence-corrected chi connectivity index (χ2v) is 4.37. The van der Waals surface area contributed by atoms with Crippen LogP contribution in [0.25, 0.3) is 0 Å². The van der Waals surface area contributed by atoms with E-state index in [0.717, 1.165) is 12.8 Å². The topological polar surface area (TPSA) is 68.3 Å². The third-order valence-corrected chi connectivity index (χ3v) is 3.31. The highest BCUT2D eigenvalue weighted by Crippen LogP contribution is 2.23. The molecular weight excluding hydrogens is 240 g/mol. The lowest BCUT2D eigenvalue weighted by molar-refractivity contribution is 0.0907. The van der Waals surface area contributed by atoms with E-state index in [1.54, 1.807) is 6.07 Å². The number of nitrogens with one attached hydrogen (secondary N) is 1. The minimum atomic E-state index is -0.0564. The molecule has 2 rings (SSSR count). The van der Waals surface area contributed by atoms with Gasteiger partial charge in [-0.3, -0.25) is 4.79 Å². The highest BCUT2D eigenvalue weighted by atomic mass is 35.5. The van der Waals surface area contributed by atoms with Crippen LogP contribution in [0.15, 0.2) is 23.0 Å². The quantitative estimate of drug-likeness (QED) is 0.871. The Hall–Kier alpha value is -1.00. The van der Waals surface area contributed by atoms with Gasteiger partial charge in [0.2, 0.25) is 0 Å². The largest absolute Gasteiger partial charge is 0.472 e. The lowest BCUT2D eigenvalue weighted by atomic mass is 9.84. The van der Waals surface area contributed by atoms with Crippen LogP contribution in [0.4, 0.5) is 0 Å². The van der Waals surface area contributed by atoms with Crippen LogP contribution in [0.3, 0.4) is 0 Å². The van der Waals surface area contributed by atoms with Gasteiger partial charge in [0.15, 0.2) is 0 Å². The molecule has 0 aliphatic heterocycles. The fourth-order valence-corrected chi connectivity index (χ4v) is 2.33. The molecule has 1 heterocycles. The van der Waals surface area contributed by atoms with Crippen molar-refractivity contribution in [2.24, 2.45) is 11.7 Å². The first-order chi connectivity index (χ1) is 7.81. The van der Waals surface area contributed by atoms with Gasteiger partial charge in [0.25, 0.3) is 5.91 Å². The maximum Gasteiger partial charge on any atom is 0.254 e. The first kappa shape index (κ1) is 14.1. The Kier molecular flexibility index (Phi) is 5.51. The fourth-order valence-electron chi connectivity index (χ4n) is 2.33. The van der Waals surface area contributed by atoms with Crippen molar-refractivity contribution in [3.63, 3.8) is 0 Å². The van der Waals surface area contributed by atoms with Crippen molar-refractivity contribution < 1.29 is 9.21 Å². The first-order valence-electron chi connectivity index (χ1n) is 5.84. The van der Waals surface area contributed by atoms with E-state index in [0.29, 0.717) is 18.0 Å². The number of carbonyl (C=O) groups excluding carboxylic acids is 1. The minimum absolute atomic E-state index is 0. The van der Waals surface area contributed by atoms with E-state index in [4.69, 9.17) is 10.2 Å². The molecule has 4 nitrogen and oxygen atoms in total. The van der Waals surface area contributed by atoms with Crippen LogP contribution >= 0.6 is 12.4 Å². The molecule has 2 atom stereocenters. The van der Waals surface area contributed by atoms with Gasteiger partial charge >= 0.3 is 0 Å². The zero-order valence-corrected chi connectivity index (χ0v) is 10.5. The summed E-state index contributed by atoms with van der Waals surface area (Å²) in [5, 5.41) is 3.04. The third-order valence-electron chi connectivity index (χ3n) is 3.31. The molecular formula is C12H19ClN2O2. The van der Waals surface area contributed by atoms with E-state index >= 15 is 0 Å². The summed E-state index contributed by atoms with van der Waals surface area (Å²) >= 11 is 0. The molecule has 0 saturated heterocycles. The summed E-state index contributed by atoms with van der Waals surface area (Å²) in [4.78, 5) is 11.8. The second kappa shape index (κ2) is 6.67. The van der Waals surface area contributed by atoms with Gasteiger partial charge in [-0.2, -0.15) is 0 Å². The summed E-state index contributed by atoms with van der Waals surface area (Å²) in [5.41, 5.74) is 6.30. The van der Waals surface area contributed by atoms with Crippen LogP contribution in [-0.4, -0.2) is 18.5 Å². The zero-order chi connectivity index (χ0) is 11.4. The molecule has 1 saturated carbocycles. The standard InChI is InChI=1S/C12H18N2O2.ClH/c13-7-9-3-1-2-4-11(9)14-12(15)10-5-6-16-8-10;/h5-6,8-9,11H,1-4,7,13H2,(H,14,15);1H. The molecule has 0 radical (unpaired) electrons. The molecule has 17 heavy (non-hydrogen) atoms. The molecule has 5 heteroatoms.